The summed E-state index contributed by atoms with van der Waals surface area (Å²) in [5, 5.41) is 6.84. The first kappa shape index (κ1) is 57.3. The number of hydrogen-bond acceptors (Lipinski definition) is 10. The van der Waals surface area contributed by atoms with Crippen LogP contribution in [0.5, 0.6) is 0 Å². The van der Waals surface area contributed by atoms with Gasteiger partial charge < -0.3 is 29.6 Å². The normalized spacial score (nSPS) is 13.2. The zero-order chi connectivity index (χ0) is 43.5. The molecule has 0 aromatic rings. The second kappa shape index (κ2) is 29.2. The van der Waals surface area contributed by atoms with Gasteiger partial charge in [0.15, 0.2) is 0 Å². The van der Waals surface area contributed by atoms with Gasteiger partial charge in [0.25, 0.3) is 0 Å². The Bertz CT molecular complexity index is 1080. The first-order chi connectivity index (χ1) is 25.4. The summed E-state index contributed by atoms with van der Waals surface area (Å²) in [5.74, 6) is -0.0419. The highest BCUT2D eigenvalue weighted by atomic mass is 16.5. The number of hydrogen-bond donors (Lipinski definition) is 2. The standard InChI is InChI=1S/C40H74N2O9.2C2H6/c1-14-34(46)36(7,8)26-38(11,12)42-37(9,10)21-25-51-39(13,15-2)20-16-35(47)41-40(27-48-22-17-31(5)43,28-49-23-18-32(6)44)29-50-24-19-33(45)30(3)4;2*1-2/h30,42H,14-29H2,1-13H3,(H,41,47);2*1-2H3. The van der Waals surface area contributed by atoms with Crippen LogP contribution in [0.15, 0.2) is 0 Å². The first-order valence-corrected chi connectivity index (χ1v) is 20.9. The van der Waals surface area contributed by atoms with Gasteiger partial charge in [-0.1, -0.05) is 69.2 Å². The summed E-state index contributed by atoms with van der Waals surface area (Å²) < 4.78 is 24.1. The molecule has 0 radical (unpaired) electrons. The lowest BCUT2D eigenvalue weighted by Crippen LogP contribution is -2.59. The van der Waals surface area contributed by atoms with Gasteiger partial charge in [-0.2, -0.15) is 0 Å². The van der Waals surface area contributed by atoms with Crippen molar-refractivity contribution in [2.75, 3.05) is 46.2 Å². The number of rotatable bonds is 31. The molecule has 0 aromatic heterocycles. The lowest BCUT2D eigenvalue weighted by atomic mass is 9.75. The van der Waals surface area contributed by atoms with Crippen LogP contribution in [0, 0.1) is 11.3 Å². The van der Waals surface area contributed by atoms with E-state index in [1.165, 1.54) is 13.8 Å². The van der Waals surface area contributed by atoms with Gasteiger partial charge in [0.2, 0.25) is 5.91 Å². The molecule has 0 aromatic carbocycles. The fraction of sp³-hybridized carbons (Fsp3) is 0.886. The zero-order valence-electron chi connectivity index (χ0n) is 38.6. The van der Waals surface area contributed by atoms with Gasteiger partial charge >= 0.3 is 0 Å². The second-order valence-electron chi connectivity index (χ2n) is 16.9. The Hall–Kier alpha value is -2.05. The van der Waals surface area contributed by atoms with Crippen molar-refractivity contribution in [1.82, 2.24) is 10.6 Å². The molecular formula is C44H86N2O9. The van der Waals surface area contributed by atoms with Crippen LogP contribution < -0.4 is 10.6 Å². The Kier molecular flexibility index (Phi) is 30.4. The van der Waals surface area contributed by atoms with Crippen LogP contribution in [-0.2, 0) is 42.9 Å². The Balaban J connectivity index is -0.00000652. The van der Waals surface area contributed by atoms with E-state index in [9.17, 15) is 24.0 Å². The van der Waals surface area contributed by atoms with Crippen molar-refractivity contribution in [2.45, 2.75) is 198 Å². The molecule has 0 bridgehead atoms. The third-order valence-corrected chi connectivity index (χ3v) is 9.32. The van der Waals surface area contributed by atoms with Gasteiger partial charge in [-0.25, -0.2) is 0 Å². The summed E-state index contributed by atoms with van der Waals surface area (Å²) in [6.07, 6.45) is 4.01. The minimum atomic E-state index is -1.10. The summed E-state index contributed by atoms with van der Waals surface area (Å²) in [6.45, 7) is 34.3. The SMILES string of the molecule is CC.CC.CCC(=O)C(C)(C)CC(C)(C)NC(C)(C)CCOC(C)(CC)CCC(=O)NC(COCCC(C)=O)(COCCC(C)=O)COCCC(=O)C(C)C. The average Bonchev–Trinajstić information content (AvgIpc) is 3.09. The van der Waals surface area contributed by atoms with Crippen LogP contribution in [0.3, 0.4) is 0 Å². The van der Waals surface area contributed by atoms with E-state index in [0.29, 0.717) is 32.3 Å². The summed E-state index contributed by atoms with van der Waals surface area (Å²) in [4.78, 5) is 61.4. The van der Waals surface area contributed by atoms with Crippen molar-refractivity contribution in [1.29, 1.82) is 0 Å². The molecular weight excluding hydrogens is 700 g/mol. The Morgan fingerprint density at radius 2 is 1.07 bits per heavy atom. The van der Waals surface area contributed by atoms with Gasteiger partial charge in [0.05, 0.1) is 45.2 Å². The molecule has 0 fully saturated rings. The van der Waals surface area contributed by atoms with E-state index in [4.69, 9.17) is 18.9 Å². The number of ether oxygens (including phenoxy) is 4. The number of carbonyl (C=O) groups is 5. The van der Waals surface area contributed by atoms with Gasteiger partial charge in [0.1, 0.15) is 28.7 Å². The summed E-state index contributed by atoms with van der Waals surface area (Å²) >= 11 is 0. The third-order valence-electron chi connectivity index (χ3n) is 9.32. The van der Waals surface area contributed by atoms with Crippen LogP contribution in [-0.4, -0.2) is 97.5 Å². The molecule has 0 aliphatic rings. The van der Waals surface area contributed by atoms with Crippen molar-refractivity contribution in [3.05, 3.63) is 0 Å². The molecule has 1 unspecified atom stereocenters. The van der Waals surface area contributed by atoms with E-state index in [-0.39, 0.29) is 111 Å². The van der Waals surface area contributed by atoms with Crippen molar-refractivity contribution in [2.24, 2.45) is 11.3 Å². The Morgan fingerprint density at radius 3 is 1.47 bits per heavy atom. The fourth-order valence-corrected chi connectivity index (χ4v) is 6.27. The molecule has 11 nitrogen and oxygen atoms in total. The topological polar surface area (TPSA) is 146 Å². The highest BCUT2D eigenvalue weighted by Crippen LogP contribution is 2.32. The summed E-state index contributed by atoms with van der Waals surface area (Å²) in [7, 11) is 0. The maximum atomic E-state index is 13.6. The van der Waals surface area contributed by atoms with Gasteiger partial charge in [-0.15, -0.1) is 0 Å². The van der Waals surface area contributed by atoms with Crippen molar-refractivity contribution in [3.8, 4) is 0 Å². The largest absolute Gasteiger partial charge is 0.378 e. The van der Waals surface area contributed by atoms with Crippen molar-refractivity contribution < 1.29 is 42.9 Å². The van der Waals surface area contributed by atoms with Crippen LogP contribution in [0.25, 0.3) is 0 Å². The number of amides is 1. The molecule has 0 spiro atoms. The second-order valence-corrected chi connectivity index (χ2v) is 16.9. The Morgan fingerprint density at radius 1 is 0.618 bits per heavy atom. The monoisotopic (exact) mass is 787 g/mol. The molecule has 11 heteroatoms. The molecule has 0 rings (SSSR count). The molecule has 326 valence electrons. The predicted molar refractivity (Wildman–Crippen MR) is 225 cm³/mol. The molecule has 0 saturated carbocycles. The minimum Gasteiger partial charge on any atom is -0.378 e. The highest BCUT2D eigenvalue weighted by molar-refractivity contribution is 5.83. The van der Waals surface area contributed by atoms with E-state index >= 15 is 0 Å². The molecule has 2 N–H and O–H groups in total. The molecule has 0 aliphatic heterocycles. The van der Waals surface area contributed by atoms with Gasteiger partial charge in [-0.05, 0) is 74.1 Å². The minimum absolute atomic E-state index is 0.0139. The van der Waals surface area contributed by atoms with E-state index in [1.54, 1.807) is 0 Å². The lowest BCUT2D eigenvalue weighted by Gasteiger charge is -2.41. The van der Waals surface area contributed by atoms with E-state index in [1.807, 2.05) is 76.2 Å². The average molecular weight is 787 g/mol. The third kappa shape index (κ3) is 28.1. The smallest absolute Gasteiger partial charge is 0.220 e. The molecule has 55 heavy (non-hydrogen) atoms. The Labute approximate surface area is 337 Å². The lowest BCUT2D eigenvalue weighted by molar-refractivity contribution is -0.131. The number of ketones is 4. The molecule has 1 amide bonds. The number of nitrogens with one attached hydrogen (secondary N) is 2. The van der Waals surface area contributed by atoms with E-state index in [0.717, 1.165) is 6.42 Å². The molecule has 0 heterocycles. The van der Waals surface area contributed by atoms with Gasteiger partial charge in [-0.3, -0.25) is 24.0 Å². The van der Waals surface area contributed by atoms with Crippen LogP contribution in [0.2, 0.25) is 0 Å². The zero-order valence-corrected chi connectivity index (χ0v) is 38.6. The number of carbonyl (C=O) groups excluding carboxylic acids is 5. The van der Waals surface area contributed by atoms with Gasteiger partial charge in [0, 0.05) is 61.1 Å². The predicted octanol–water partition coefficient (Wildman–Crippen LogP) is 8.41. The van der Waals surface area contributed by atoms with Crippen LogP contribution >= 0.6 is 0 Å². The van der Waals surface area contributed by atoms with Crippen LogP contribution in [0.4, 0.5) is 0 Å². The number of Topliss-reactive ketones (excluding diaryl/α,β-unsaturated/α-hetero) is 4. The van der Waals surface area contributed by atoms with Crippen molar-refractivity contribution >= 4 is 29.0 Å². The molecule has 0 aliphatic carbocycles. The van der Waals surface area contributed by atoms with Crippen molar-refractivity contribution in [3.63, 3.8) is 0 Å². The van der Waals surface area contributed by atoms with E-state index < -0.39 is 16.6 Å². The van der Waals surface area contributed by atoms with Crippen LogP contribution in [0.1, 0.15) is 175 Å². The first-order valence-electron chi connectivity index (χ1n) is 20.9. The summed E-state index contributed by atoms with van der Waals surface area (Å²) in [5.41, 5.74) is -2.60. The maximum Gasteiger partial charge on any atom is 0.220 e. The molecule has 1 atom stereocenters. The maximum absolute atomic E-state index is 13.6. The quantitative estimate of drug-likeness (QED) is 0.0657. The summed E-state index contributed by atoms with van der Waals surface area (Å²) in [6, 6.07) is 0. The van der Waals surface area contributed by atoms with E-state index in [2.05, 4.69) is 38.3 Å². The fourth-order valence-electron chi connectivity index (χ4n) is 6.27. The molecule has 0 saturated heterocycles. The highest BCUT2D eigenvalue weighted by Gasteiger charge is 2.37.